The lowest BCUT2D eigenvalue weighted by molar-refractivity contribution is 0.0948. The van der Waals surface area contributed by atoms with Gasteiger partial charge in [-0.3, -0.25) is 9.59 Å². The Morgan fingerprint density at radius 1 is 1.00 bits per heavy atom. The van der Waals surface area contributed by atoms with Crippen LogP contribution in [-0.2, 0) is 13.0 Å². The Morgan fingerprint density at radius 3 is 2.48 bits per heavy atom. The lowest BCUT2D eigenvalue weighted by Gasteiger charge is -2.10. The van der Waals surface area contributed by atoms with Crippen molar-refractivity contribution in [3.05, 3.63) is 82.3 Å². The van der Waals surface area contributed by atoms with E-state index in [-0.39, 0.29) is 17.2 Å². The molecule has 6 heteroatoms. The fourth-order valence-electron chi connectivity index (χ4n) is 3.62. The summed E-state index contributed by atoms with van der Waals surface area (Å²) in [5.41, 5.74) is 3.45. The molecule has 0 atom stereocenters. The van der Waals surface area contributed by atoms with Crippen molar-refractivity contribution >= 4 is 22.5 Å². The van der Waals surface area contributed by atoms with Crippen LogP contribution in [0.15, 0.2) is 65.5 Å². The van der Waals surface area contributed by atoms with Gasteiger partial charge in [0.15, 0.2) is 5.69 Å². The van der Waals surface area contributed by atoms with Crippen molar-refractivity contribution in [2.75, 3.05) is 6.54 Å². The van der Waals surface area contributed by atoms with Gasteiger partial charge in [0.1, 0.15) is 5.52 Å². The number of nitrogens with zero attached hydrogens (tertiary/aromatic N) is 3. The van der Waals surface area contributed by atoms with Crippen LogP contribution in [0.4, 0.5) is 0 Å². The Balaban J connectivity index is 1.57. The number of amides is 1. The molecule has 0 unspecified atom stereocenters. The van der Waals surface area contributed by atoms with E-state index in [2.05, 4.69) is 22.5 Å². The van der Waals surface area contributed by atoms with Gasteiger partial charge < -0.3 is 9.88 Å². The second-order valence-corrected chi connectivity index (χ2v) is 7.12. The molecule has 29 heavy (non-hydrogen) atoms. The highest BCUT2D eigenvalue weighted by molar-refractivity contribution is 5.94. The van der Waals surface area contributed by atoms with Crippen LogP contribution in [0, 0.1) is 0 Å². The molecule has 4 aromatic rings. The third-order valence-electron chi connectivity index (χ3n) is 5.02. The molecular weight excluding hydrogens is 364 g/mol. The summed E-state index contributed by atoms with van der Waals surface area (Å²) in [7, 11) is 0. The summed E-state index contributed by atoms with van der Waals surface area (Å²) >= 11 is 0. The molecule has 1 N–H and O–H groups in total. The lowest BCUT2D eigenvalue weighted by Crippen LogP contribution is -2.25. The summed E-state index contributed by atoms with van der Waals surface area (Å²) in [4.78, 5) is 25.5. The van der Waals surface area contributed by atoms with E-state index in [4.69, 9.17) is 0 Å². The second-order valence-electron chi connectivity index (χ2n) is 7.12. The van der Waals surface area contributed by atoms with Gasteiger partial charge in [0.2, 0.25) is 0 Å². The summed E-state index contributed by atoms with van der Waals surface area (Å²) in [6, 6.07) is 19.4. The monoisotopic (exact) mass is 388 g/mol. The number of carbonyl (C=O) groups excluding carboxylic acids is 1. The molecule has 0 saturated carbocycles. The third kappa shape index (κ3) is 3.78. The normalized spacial score (nSPS) is 11.2. The number of benzene rings is 2. The molecule has 0 aliphatic rings. The number of carbonyl (C=O) groups is 1. The van der Waals surface area contributed by atoms with Gasteiger partial charge in [0, 0.05) is 19.2 Å². The molecule has 6 nitrogen and oxygen atoms in total. The molecule has 148 valence electrons. The van der Waals surface area contributed by atoms with Gasteiger partial charge >= 0.3 is 0 Å². The molecule has 2 heterocycles. The van der Waals surface area contributed by atoms with E-state index in [0.29, 0.717) is 18.6 Å². The number of aromatic nitrogens is 3. The van der Waals surface area contributed by atoms with E-state index < -0.39 is 0 Å². The fraction of sp³-hybridized carbons (Fsp3) is 0.261. The Hall–Kier alpha value is -3.41. The molecular formula is C23H24N4O2. The van der Waals surface area contributed by atoms with Crippen molar-refractivity contribution in [2.24, 2.45) is 0 Å². The Kier molecular flexibility index (Phi) is 5.42. The molecule has 1 amide bonds. The smallest absolute Gasteiger partial charge is 0.277 e. The predicted octanol–water partition coefficient (Wildman–Crippen LogP) is 3.42. The number of nitrogens with one attached hydrogen (secondary N) is 1. The highest BCUT2D eigenvalue weighted by atomic mass is 16.2. The van der Waals surface area contributed by atoms with Crippen LogP contribution in [0.5, 0.6) is 0 Å². The van der Waals surface area contributed by atoms with Gasteiger partial charge in [-0.2, -0.15) is 5.10 Å². The summed E-state index contributed by atoms with van der Waals surface area (Å²) in [5.74, 6) is -0.257. The zero-order valence-electron chi connectivity index (χ0n) is 16.5. The van der Waals surface area contributed by atoms with Crippen molar-refractivity contribution < 1.29 is 4.79 Å². The minimum absolute atomic E-state index is 0.124. The average Bonchev–Trinajstić information content (AvgIpc) is 3.21. The number of hydrogen-bond donors (Lipinski definition) is 1. The standard InChI is InChI=1S/C23H24N4O2/c1-2-15-26-19-12-6-7-13-20(19)27-21(23(26)29)16-18(25-27)22(28)24-14-8-11-17-9-4-3-5-10-17/h3-7,9-10,12-13,16H,2,8,11,14-15H2,1H3,(H,24,28). The van der Waals surface area contributed by atoms with E-state index >= 15 is 0 Å². The molecule has 0 saturated heterocycles. The maximum absolute atomic E-state index is 13.0. The first-order chi connectivity index (χ1) is 14.2. The van der Waals surface area contributed by atoms with Gasteiger partial charge in [-0.25, -0.2) is 4.52 Å². The van der Waals surface area contributed by atoms with Crippen LogP contribution in [-0.4, -0.2) is 26.6 Å². The van der Waals surface area contributed by atoms with E-state index in [1.54, 1.807) is 15.1 Å². The minimum atomic E-state index is -0.257. The zero-order valence-corrected chi connectivity index (χ0v) is 16.5. The first-order valence-electron chi connectivity index (χ1n) is 10.0. The molecule has 0 spiro atoms. The molecule has 4 rings (SSSR count). The summed E-state index contributed by atoms with van der Waals surface area (Å²) in [5, 5.41) is 7.34. The van der Waals surface area contributed by atoms with Crippen molar-refractivity contribution in [3.63, 3.8) is 0 Å². The van der Waals surface area contributed by atoms with E-state index in [1.807, 2.05) is 49.4 Å². The van der Waals surface area contributed by atoms with E-state index in [1.165, 1.54) is 5.56 Å². The third-order valence-corrected chi connectivity index (χ3v) is 5.02. The summed E-state index contributed by atoms with van der Waals surface area (Å²) < 4.78 is 3.34. The van der Waals surface area contributed by atoms with Gasteiger partial charge in [-0.15, -0.1) is 0 Å². The molecule has 0 fully saturated rings. The minimum Gasteiger partial charge on any atom is -0.351 e. The van der Waals surface area contributed by atoms with Gasteiger partial charge in [0.05, 0.1) is 11.0 Å². The van der Waals surface area contributed by atoms with Crippen LogP contribution >= 0.6 is 0 Å². The maximum Gasteiger partial charge on any atom is 0.277 e. The van der Waals surface area contributed by atoms with Crippen molar-refractivity contribution in [2.45, 2.75) is 32.7 Å². The second kappa shape index (κ2) is 8.31. The fourth-order valence-corrected chi connectivity index (χ4v) is 3.62. The largest absolute Gasteiger partial charge is 0.351 e. The van der Waals surface area contributed by atoms with Crippen molar-refractivity contribution in [3.8, 4) is 0 Å². The number of hydrogen-bond acceptors (Lipinski definition) is 3. The van der Waals surface area contributed by atoms with E-state index in [9.17, 15) is 9.59 Å². The number of aryl methyl sites for hydroxylation is 2. The Labute approximate surface area is 168 Å². The zero-order chi connectivity index (χ0) is 20.2. The molecule has 0 radical (unpaired) electrons. The first kappa shape index (κ1) is 18.9. The topological polar surface area (TPSA) is 68.4 Å². The summed E-state index contributed by atoms with van der Waals surface area (Å²) in [6.45, 7) is 3.22. The van der Waals surface area contributed by atoms with Crippen LogP contribution in [0.3, 0.4) is 0 Å². The number of rotatable bonds is 7. The first-order valence-corrected chi connectivity index (χ1v) is 10.0. The molecule has 0 aliphatic carbocycles. The van der Waals surface area contributed by atoms with Crippen molar-refractivity contribution in [1.29, 1.82) is 0 Å². The van der Waals surface area contributed by atoms with E-state index in [0.717, 1.165) is 30.3 Å². The highest BCUT2D eigenvalue weighted by Gasteiger charge is 2.16. The van der Waals surface area contributed by atoms with Crippen LogP contribution in [0.2, 0.25) is 0 Å². The Morgan fingerprint density at radius 2 is 1.72 bits per heavy atom. The van der Waals surface area contributed by atoms with Gasteiger partial charge in [0.25, 0.3) is 11.5 Å². The SMILES string of the molecule is CCCn1c(=O)c2cc(C(=O)NCCCc3ccccc3)nn2c2ccccc21. The Bertz CT molecular complexity index is 1210. The maximum atomic E-state index is 13.0. The lowest BCUT2D eigenvalue weighted by atomic mass is 10.1. The molecule has 0 aliphatic heterocycles. The average molecular weight is 388 g/mol. The predicted molar refractivity (Wildman–Crippen MR) is 114 cm³/mol. The van der Waals surface area contributed by atoms with Crippen LogP contribution < -0.4 is 10.9 Å². The van der Waals surface area contributed by atoms with Gasteiger partial charge in [-0.1, -0.05) is 49.4 Å². The molecule has 2 aromatic carbocycles. The van der Waals surface area contributed by atoms with Crippen molar-refractivity contribution in [1.82, 2.24) is 19.5 Å². The quantitative estimate of drug-likeness (QED) is 0.493. The number of fused-ring (bicyclic) bond motifs is 3. The highest BCUT2D eigenvalue weighted by Crippen LogP contribution is 2.15. The molecule has 2 aromatic heterocycles. The molecule has 0 bridgehead atoms. The summed E-state index contributed by atoms with van der Waals surface area (Å²) in [6.07, 6.45) is 2.59. The van der Waals surface area contributed by atoms with Crippen LogP contribution in [0.25, 0.3) is 16.6 Å². The van der Waals surface area contributed by atoms with Crippen LogP contribution in [0.1, 0.15) is 35.8 Å². The van der Waals surface area contributed by atoms with Gasteiger partial charge in [-0.05, 0) is 37.0 Å². The number of para-hydroxylation sites is 2.